The second-order valence-corrected chi connectivity index (χ2v) is 5.69. The Kier molecular flexibility index (Phi) is 5.20. The molecule has 6 heteroatoms. The summed E-state index contributed by atoms with van der Waals surface area (Å²) in [5, 5.41) is 5.93. The molecule has 2 N–H and O–H groups in total. The number of anilines is 1. The summed E-state index contributed by atoms with van der Waals surface area (Å²) in [6.45, 7) is 0.328. The van der Waals surface area contributed by atoms with Gasteiger partial charge < -0.3 is 10.6 Å². The van der Waals surface area contributed by atoms with Crippen LogP contribution in [0, 0.1) is 5.82 Å². The molecule has 0 saturated heterocycles. The summed E-state index contributed by atoms with van der Waals surface area (Å²) >= 11 is 9.27. The zero-order valence-corrected chi connectivity index (χ0v) is 13.6. The van der Waals surface area contributed by atoms with Crippen LogP contribution in [0.1, 0.15) is 15.9 Å². The second-order valence-electron chi connectivity index (χ2n) is 4.36. The molecule has 0 atom stereocenters. The molecule has 2 aromatic rings. The lowest BCUT2D eigenvalue weighted by atomic mass is 10.1. The summed E-state index contributed by atoms with van der Waals surface area (Å²) in [5.41, 5.74) is 1.67. The summed E-state index contributed by atoms with van der Waals surface area (Å²) in [6, 6.07) is 9.89. The van der Waals surface area contributed by atoms with Gasteiger partial charge in [0.2, 0.25) is 0 Å². The van der Waals surface area contributed by atoms with Gasteiger partial charge in [0.1, 0.15) is 5.82 Å². The number of benzene rings is 2. The molecule has 0 heterocycles. The van der Waals surface area contributed by atoms with Gasteiger partial charge in [-0.15, -0.1) is 0 Å². The van der Waals surface area contributed by atoms with Gasteiger partial charge in [-0.3, -0.25) is 4.79 Å². The van der Waals surface area contributed by atoms with Crippen molar-refractivity contribution in [3.63, 3.8) is 0 Å². The molecule has 21 heavy (non-hydrogen) atoms. The van der Waals surface area contributed by atoms with Crippen LogP contribution >= 0.6 is 27.5 Å². The molecular formula is C15H13BrClFN2O. The van der Waals surface area contributed by atoms with Gasteiger partial charge in [-0.1, -0.05) is 33.6 Å². The van der Waals surface area contributed by atoms with Gasteiger partial charge in [0.25, 0.3) is 5.91 Å². The van der Waals surface area contributed by atoms with E-state index in [2.05, 4.69) is 26.6 Å². The van der Waals surface area contributed by atoms with Crippen molar-refractivity contribution < 1.29 is 9.18 Å². The molecule has 0 fully saturated rings. The number of halogens is 3. The van der Waals surface area contributed by atoms with Crippen LogP contribution in [0.25, 0.3) is 0 Å². The van der Waals surface area contributed by atoms with Crippen molar-refractivity contribution in [2.24, 2.45) is 0 Å². The quantitative estimate of drug-likeness (QED) is 0.845. The van der Waals surface area contributed by atoms with Gasteiger partial charge in [0.15, 0.2) is 0 Å². The average Bonchev–Trinajstić information content (AvgIpc) is 2.45. The molecule has 0 aliphatic rings. The molecule has 0 aliphatic carbocycles. The Morgan fingerprint density at radius 1 is 1.29 bits per heavy atom. The smallest absolute Gasteiger partial charge is 0.252 e. The average molecular weight is 372 g/mol. The Hall–Kier alpha value is -1.59. The maximum absolute atomic E-state index is 13.7. The van der Waals surface area contributed by atoms with Gasteiger partial charge >= 0.3 is 0 Å². The molecule has 0 aromatic heterocycles. The predicted octanol–water partition coefficient (Wildman–Crippen LogP) is 4.21. The first-order valence-corrected chi connectivity index (χ1v) is 7.38. The van der Waals surface area contributed by atoms with Crippen LogP contribution in [-0.4, -0.2) is 13.0 Å². The third-order valence-corrected chi connectivity index (χ3v) is 3.74. The van der Waals surface area contributed by atoms with Crippen molar-refractivity contribution in [1.29, 1.82) is 0 Å². The highest BCUT2D eigenvalue weighted by Crippen LogP contribution is 2.22. The third-order valence-electron chi connectivity index (χ3n) is 2.94. The maximum Gasteiger partial charge on any atom is 0.252 e. The monoisotopic (exact) mass is 370 g/mol. The molecule has 2 rings (SSSR count). The fourth-order valence-electron chi connectivity index (χ4n) is 1.81. The largest absolute Gasteiger partial charge is 0.381 e. The minimum atomic E-state index is -0.287. The summed E-state index contributed by atoms with van der Waals surface area (Å²) in [6.07, 6.45) is 0. The molecule has 1 amide bonds. The first-order chi connectivity index (χ1) is 10.0. The minimum absolute atomic E-state index is 0.245. The lowest BCUT2D eigenvalue weighted by Gasteiger charge is -2.10. The number of nitrogens with one attached hydrogen (secondary N) is 2. The highest BCUT2D eigenvalue weighted by atomic mass is 79.9. The van der Waals surface area contributed by atoms with Crippen LogP contribution in [-0.2, 0) is 6.54 Å². The number of carbonyl (C=O) groups is 1. The van der Waals surface area contributed by atoms with Crippen molar-refractivity contribution in [1.82, 2.24) is 5.32 Å². The van der Waals surface area contributed by atoms with Gasteiger partial charge in [-0.2, -0.15) is 0 Å². The topological polar surface area (TPSA) is 41.1 Å². The van der Waals surface area contributed by atoms with E-state index in [4.69, 9.17) is 11.6 Å². The summed E-state index contributed by atoms with van der Waals surface area (Å²) in [5.74, 6) is -0.532. The van der Waals surface area contributed by atoms with E-state index in [0.717, 1.165) is 5.69 Å². The first kappa shape index (κ1) is 15.8. The first-order valence-electron chi connectivity index (χ1n) is 6.20. The Morgan fingerprint density at radius 3 is 2.67 bits per heavy atom. The van der Waals surface area contributed by atoms with Crippen LogP contribution in [0.2, 0.25) is 5.02 Å². The summed E-state index contributed by atoms with van der Waals surface area (Å²) in [7, 11) is 1.54. The highest BCUT2D eigenvalue weighted by molar-refractivity contribution is 9.10. The molecule has 0 aliphatic heterocycles. The van der Waals surface area contributed by atoms with Gasteiger partial charge in [0, 0.05) is 29.3 Å². The van der Waals surface area contributed by atoms with E-state index in [1.807, 2.05) is 0 Å². The number of hydrogen-bond donors (Lipinski definition) is 2. The zero-order chi connectivity index (χ0) is 15.4. The lowest BCUT2D eigenvalue weighted by molar-refractivity contribution is 0.0963. The van der Waals surface area contributed by atoms with E-state index in [9.17, 15) is 9.18 Å². The normalized spacial score (nSPS) is 10.3. The number of amides is 1. The Labute approximate surface area is 135 Å². The van der Waals surface area contributed by atoms with E-state index >= 15 is 0 Å². The highest BCUT2D eigenvalue weighted by Gasteiger charge is 2.09. The fraction of sp³-hybridized carbons (Fsp3) is 0.133. The fourth-order valence-corrected chi connectivity index (χ4v) is 2.41. The minimum Gasteiger partial charge on any atom is -0.381 e. The van der Waals surface area contributed by atoms with Crippen molar-refractivity contribution in [2.75, 3.05) is 12.4 Å². The van der Waals surface area contributed by atoms with E-state index in [1.165, 1.54) is 6.07 Å². The molecule has 0 radical (unpaired) electrons. The molecule has 0 unspecified atom stereocenters. The van der Waals surface area contributed by atoms with Crippen LogP contribution in [0.4, 0.5) is 10.1 Å². The Bertz CT molecular complexity index is 679. The SMILES string of the molecule is CNC(=O)c1ccc(NCc2ccc(Br)cc2F)cc1Cl. The van der Waals surface area contributed by atoms with Crippen molar-refractivity contribution in [3.05, 3.63) is 62.8 Å². The molecule has 0 spiro atoms. The Morgan fingerprint density at radius 2 is 2.05 bits per heavy atom. The van der Waals surface area contributed by atoms with Crippen molar-refractivity contribution in [2.45, 2.75) is 6.54 Å². The van der Waals surface area contributed by atoms with Crippen molar-refractivity contribution >= 4 is 39.1 Å². The predicted molar refractivity (Wildman–Crippen MR) is 86.3 cm³/mol. The maximum atomic E-state index is 13.7. The molecule has 0 bridgehead atoms. The number of rotatable bonds is 4. The van der Waals surface area contributed by atoms with E-state index in [0.29, 0.717) is 27.2 Å². The van der Waals surface area contributed by atoms with Crippen LogP contribution in [0.3, 0.4) is 0 Å². The van der Waals surface area contributed by atoms with Crippen LogP contribution in [0.5, 0.6) is 0 Å². The zero-order valence-electron chi connectivity index (χ0n) is 11.2. The second kappa shape index (κ2) is 6.91. The lowest BCUT2D eigenvalue weighted by Crippen LogP contribution is -2.18. The number of hydrogen-bond acceptors (Lipinski definition) is 2. The van der Waals surface area contributed by atoms with Gasteiger partial charge in [0.05, 0.1) is 10.6 Å². The van der Waals surface area contributed by atoms with Crippen molar-refractivity contribution in [3.8, 4) is 0 Å². The van der Waals surface area contributed by atoms with E-state index in [-0.39, 0.29) is 11.7 Å². The Balaban J connectivity index is 2.10. The molecule has 3 nitrogen and oxygen atoms in total. The van der Waals surface area contributed by atoms with E-state index in [1.54, 1.807) is 37.4 Å². The standard InChI is InChI=1S/C15H13BrClFN2O/c1-19-15(21)12-5-4-11(7-13(12)17)20-8-9-2-3-10(16)6-14(9)18/h2-7,20H,8H2,1H3,(H,19,21). The molecular weight excluding hydrogens is 359 g/mol. The van der Waals surface area contributed by atoms with E-state index < -0.39 is 0 Å². The molecule has 0 saturated carbocycles. The summed E-state index contributed by atoms with van der Waals surface area (Å²) < 4.78 is 14.4. The molecule has 110 valence electrons. The van der Waals surface area contributed by atoms with Crippen LogP contribution in [0.15, 0.2) is 40.9 Å². The summed E-state index contributed by atoms with van der Waals surface area (Å²) in [4.78, 5) is 11.5. The van der Waals surface area contributed by atoms with Crippen LogP contribution < -0.4 is 10.6 Å². The third kappa shape index (κ3) is 3.95. The number of carbonyl (C=O) groups excluding carboxylic acids is 1. The molecule has 2 aromatic carbocycles. The van der Waals surface area contributed by atoms with Gasteiger partial charge in [-0.05, 0) is 30.3 Å². The van der Waals surface area contributed by atoms with Gasteiger partial charge in [-0.25, -0.2) is 4.39 Å².